The molecule has 188 valence electrons. The number of hydrogen-bond acceptors (Lipinski definition) is 6. The van der Waals surface area contributed by atoms with Crippen molar-refractivity contribution in [2.45, 2.75) is 64.5 Å². The van der Waals surface area contributed by atoms with Crippen LogP contribution in [0.1, 0.15) is 62.5 Å². The fourth-order valence-corrected chi connectivity index (χ4v) is 4.57. The number of carbonyl (C=O) groups is 4. The number of nitrogens with zero attached hydrogens (tertiary/aromatic N) is 1. The third-order valence-electron chi connectivity index (χ3n) is 5.25. The first-order valence-corrected chi connectivity index (χ1v) is 12.7. The maximum absolute atomic E-state index is 13.1. The normalized spacial score (nSPS) is 14.9. The van der Waals surface area contributed by atoms with Crippen LogP contribution in [0.2, 0.25) is 4.34 Å². The highest BCUT2D eigenvalue weighted by atomic mass is 35.5. The van der Waals surface area contributed by atoms with Crippen LogP contribution in [-0.4, -0.2) is 41.9 Å². The molecule has 1 atom stereocenters. The molecule has 2 heterocycles. The van der Waals surface area contributed by atoms with Crippen molar-refractivity contribution in [3.05, 3.63) is 45.6 Å². The van der Waals surface area contributed by atoms with Crippen LogP contribution in [0.4, 0.5) is 11.4 Å². The van der Waals surface area contributed by atoms with Crippen molar-refractivity contribution >= 4 is 58.0 Å². The molecule has 0 aliphatic carbocycles. The quantitative estimate of drug-likeness (QED) is 0.488. The molecule has 1 saturated heterocycles. The van der Waals surface area contributed by atoms with Gasteiger partial charge in [0.1, 0.15) is 11.6 Å². The predicted molar refractivity (Wildman–Crippen MR) is 137 cm³/mol. The number of amides is 3. The average molecular weight is 520 g/mol. The number of rotatable bonds is 8. The van der Waals surface area contributed by atoms with Gasteiger partial charge in [0.2, 0.25) is 11.8 Å². The van der Waals surface area contributed by atoms with Crippen molar-refractivity contribution in [2.75, 3.05) is 16.8 Å². The molecule has 10 heteroatoms. The van der Waals surface area contributed by atoms with Gasteiger partial charge in [-0.2, -0.15) is 0 Å². The highest BCUT2D eigenvalue weighted by molar-refractivity contribution is 7.18. The Morgan fingerprint density at radius 1 is 1.11 bits per heavy atom. The lowest BCUT2D eigenvalue weighted by atomic mass is 10.1. The molecule has 1 unspecified atom stereocenters. The van der Waals surface area contributed by atoms with Crippen molar-refractivity contribution in [3.8, 4) is 0 Å². The lowest BCUT2D eigenvalue weighted by Gasteiger charge is -2.27. The Kier molecular flexibility index (Phi) is 8.91. The lowest BCUT2D eigenvalue weighted by Crippen LogP contribution is -2.44. The van der Waals surface area contributed by atoms with Gasteiger partial charge < -0.3 is 20.3 Å². The van der Waals surface area contributed by atoms with Crippen LogP contribution in [0, 0.1) is 0 Å². The molecule has 1 aliphatic heterocycles. The van der Waals surface area contributed by atoms with Crippen LogP contribution in [0.25, 0.3) is 0 Å². The van der Waals surface area contributed by atoms with Gasteiger partial charge in [0.05, 0.1) is 9.21 Å². The summed E-state index contributed by atoms with van der Waals surface area (Å²) in [5.41, 5.74) is 0.638. The molecular formula is C25H30ClN3O5S. The van der Waals surface area contributed by atoms with Crippen LogP contribution >= 0.6 is 22.9 Å². The van der Waals surface area contributed by atoms with Crippen molar-refractivity contribution in [1.82, 2.24) is 5.32 Å². The minimum atomic E-state index is -0.973. The van der Waals surface area contributed by atoms with E-state index >= 15 is 0 Å². The largest absolute Gasteiger partial charge is 0.460 e. The van der Waals surface area contributed by atoms with Crippen LogP contribution in [-0.2, 0) is 19.1 Å². The molecule has 2 aromatic rings. The zero-order valence-corrected chi connectivity index (χ0v) is 21.6. The number of nitrogens with one attached hydrogen (secondary N) is 2. The Labute approximate surface area is 214 Å². The average Bonchev–Trinajstić information content (AvgIpc) is 3.22. The van der Waals surface area contributed by atoms with Gasteiger partial charge in [-0.3, -0.25) is 19.2 Å². The number of anilines is 2. The fraction of sp³-hybridized carbons (Fsp3) is 0.440. The monoisotopic (exact) mass is 519 g/mol. The van der Waals surface area contributed by atoms with E-state index in [1.807, 2.05) is 0 Å². The second-order valence-electron chi connectivity index (χ2n) is 9.29. The Balaban J connectivity index is 1.68. The van der Waals surface area contributed by atoms with Gasteiger partial charge in [-0.15, -0.1) is 11.3 Å². The number of carbonyl (C=O) groups excluding carboxylic acids is 4. The van der Waals surface area contributed by atoms with E-state index in [4.69, 9.17) is 16.3 Å². The molecular weight excluding hydrogens is 490 g/mol. The van der Waals surface area contributed by atoms with Crippen molar-refractivity contribution in [3.63, 3.8) is 0 Å². The van der Waals surface area contributed by atoms with E-state index in [0.29, 0.717) is 27.9 Å². The molecule has 0 radical (unpaired) electrons. The molecule has 3 amide bonds. The number of ether oxygens (including phenoxy) is 1. The molecule has 0 spiro atoms. The van der Waals surface area contributed by atoms with Crippen LogP contribution in [0.15, 0.2) is 36.4 Å². The van der Waals surface area contributed by atoms with Gasteiger partial charge >= 0.3 is 5.97 Å². The smallest absolute Gasteiger partial charge is 0.306 e. The predicted octanol–water partition coefficient (Wildman–Crippen LogP) is 4.78. The van der Waals surface area contributed by atoms with Crippen molar-refractivity contribution in [1.29, 1.82) is 0 Å². The first kappa shape index (κ1) is 26.7. The number of thiophene rings is 1. The maximum Gasteiger partial charge on any atom is 0.306 e. The van der Waals surface area contributed by atoms with Gasteiger partial charge in [-0.25, -0.2) is 0 Å². The third kappa shape index (κ3) is 8.07. The number of piperidine rings is 1. The standard InChI is InChI=1S/C25H30ClN3O5S/c1-25(2,3)34-22(31)14-11-18(28-24(33)19-12-13-20(26)35-19)23(32)27-16-7-9-17(10-8-16)29-15-5-4-6-21(29)30/h7-10,12-13,18H,4-6,11,14-15H2,1-3H3,(H,27,32)(H,28,33). The van der Waals surface area contributed by atoms with E-state index in [0.717, 1.165) is 29.9 Å². The number of hydrogen-bond donors (Lipinski definition) is 2. The SMILES string of the molecule is CC(C)(C)OC(=O)CCC(NC(=O)c1ccc(Cl)s1)C(=O)Nc1ccc(N2CCCCC2=O)cc1. The highest BCUT2D eigenvalue weighted by Gasteiger charge is 2.25. The van der Waals surface area contributed by atoms with Crippen molar-refractivity contribution in [2.24, 2.45) is 0 Å². The van der Waals surface area contributed by atoms with E-state index in [1.54, 1.807) is 62.1 Å². The van der Waals surface area contributed by atoms with E-state index in [2.05, 4.69) is 10.6 Å². The lowest BCUT2D eigenvalue weighted by molar-refractivity contribution is -0.155. The Morgan fingerprint density at radius 2 is 1.83 bits per heavy atom. The number of esters is 1. The summed E-state index contributed by atoms with van der Waals surface area (Å²) in [7, 11) is 0. The van der Waals surface area contributed by atoms with Gasteiger partial charge in [0, 0.05) is 30.8 Å². The molecule has 0 saturated carbocycles. The Bertz CT molecular complexity index is 1080. The summed E-state index contributed by atoms with van der Waals surface area (Å²) in [4.78, 5) is 52.2. The van der Waals surface area contributed by atoms with E-state index in [-0.39, 0.29) is 18.7 Å². The maximum atomic E-state index is 13.1. The van der Waals surface area contributed by atoms with Crippen LogP contribution < -0.4 is 15.5 Å². The molecule has 2 N–H and O–H groups in total. The van der Waals surface area contributed by atoms with Crippen LogP contribution in [0.5, 0.6) is 0 Å². The van der Waals surface area contributed by atoms with Gasteiger partial charge in [-0.05, 0) is 76.4 Å². The summed E-state index contributed by atoms with van der Waals surface area (Å²) in [6, 6.07) is 9.18. The van der Waals surface area contributed by atoms with Crippen molar-refractivity contribution < 1.29 is 23.9 Å². The topological polar surface area (TPSA) is 105 Å². The summed E-state index contributed by atoms with van der Waals surface area (Å²) in [5, 5.41) is 5.48. The molecule has 8 nitrogen and oxygen atoms in total. The van der Waals surface area contributed by atoms with Gasteiger partial charge in [0.15, 0.2) is 0 Å². The zero-order chi connectivity index (χ0) is 25.6. The van der Waals surface area contributed by atoms with E-state index < -0.39 is 29.4 Å². The minimum absolute atomic E-state index is 0.0448. The highest BCUT2D eigenvalue weighted by Crippen LogP contribution is 2.24. The molecule has 1 aromatic heterocycles. The first-order chi connectivity index (χ1) is 16.5. The second kappa shape index (κ2) is 11.7. The molecule has 35 heavy (non-hydrogen) atoms. The molecule has 1 fully saturated rings. The molecule has 1 aromatic carbocycles. The fourth-order valence-electron chi connectivity index (χ4n) is 3.62. The van der Waals surface area contributed by atoms with Crippen LogP contribution in [0.3, 0.4) is 0 Å². The summed E-state index contributed by atoms with van der Waals surface area (Å²) in [6.45, 7) is 5.96. The Morgan fingerprint density at radius 3 is 2.43 bits per heavy atom. The number of benzene rings is 1. The molecule has 1 aliphatic rings. The summed E-state index contributed by atoms with van der Waals surface area (Å²) >= 11 is 7.03. The molecule has 3 rings (SSSR count). The minimum Gasteiger partial charge on any atom is -0.460 e. The third-order valence-corrected chi connectivity index (χ3v) is 6.48. The van der Waals surface area contributed by atoms with E-state index in [1.165, 1.54) is 0 Å². The summed E-state index contributed by atoms with van der Waals surface area (Å²) in [5.74, 6) is -1.29. The van der Waals surface area contributed by atoms with Gasteiger partial charge in [0.25, 0.3) is 5.91 Å². The van der Waals surface area contributed by atoms with E-state index in [9.17, 15) is 19.2 Å². The summed E-state index contributed by atoms with van der Waals surface area (Å²) < 4.78 is 5.78. The summed E-state index contributed by atoms with van der Waals surface area (Å²) in [6.07, 6.45) is 2.41. The number of halogens is 1. The Hall–Kier alpha value is -2.91. The zero-order valence-electron chi connectivity index (χ0n) is 20.1. The first-order valence-electron chi connectivity index (χ1n) is 11.5. The second-order valence-corrected chi connectivity index (χ2v) is 11.0. The van der Waals surface area contributed by atoms with Gasteiger partial charge in [-0.1, -0.05) is 11.6 Å². The molecule has 0 bridgehead atoms.